The van der Waals surface area contributed by atoms with Gasteiger partial charge in [-0.15, -0.1) is 0 Å². The van der Waals surface area contributed by atoms with Crippen LogP contribution in [0.2, 0.25) is 0 Å². The third kappa shape index (κ3) is 2.71. The number of likely N-dealkylation sites (N-methyl/N-ethyl adjacent to an activating group) is 1. The smallest absolute Gasteiger partial charge is 0.206 e. The van der Waals surface area contributed by atoms with Crippen LogP contribution in [0.3, 0.4) is 0 Å². The number of hydrogen-bond acceptors (Lipinski definition) is 3. The Morgan fingerprint density at radius 3 is 2.75 bits per heavy atom. The van der Waals surface area contributed by atoms with Crippen LogP contribution in [0.25, 0.3) is 0 Å². The van der Waals surface area contributed by atoms with Crippen LogP contribution < -0.4 is 10.2 Å². The number of imidazole rings is 1. The summed E-state index contributed by atoms with van der Waals surface area (Å²) in [5.74, 6) is 1.20. The minimum absolute atomic E-state index is 0.594. The van der Waals surface area contributed by atoms with Gasteiger partial charge in [-0.1, -0.05) is 19.8 Å². The molecular formula is C16H28N4. The molecule has 1 aliphatic heterocycles. The summed E-state index contributed by atoms with van der Waals surface area (Å²) >= 11 is 0. The van der Waals surface area contributed by atoms with Crippen LogP contribution in [-0.4, -0.2) is 35.7 Å². The lowest BCUT2D eigenvalue weighted by Gasteiger charge is -2.33. The molecule has 1 atom stereocenters. The second kappa shape index (κ2) is 6.17. The number of anilines is 1. The Labute approximate surface area is 122 Å². The van der Waals surface area contributed by atoms with Crippen molar-refractivity contribution in [2.45, 2.75) is 64.0 Å². The van der Waals surface area contributed by atoms with Gasteiger partial charge in [0.1, 0.15) is 0 Å². The van der Waals surface area contributed by atoms with Crippen LogP contribution >= 0.6 is 0 Å². The number of piperidine rings is 1. The van der Waals surface area contributed by atoms with Crippen molar-refractivity contribution in [3.63, 3.8) is 0 Å². The van der Waals surface area contributed by atoms with E-state index < -0.39 is 0 Å². The zero-order valence-electron chi connectivity index (χ0n) is 12.9. The zero-order chi connectivity index (χ0) is 13.9. The van der Waals surface area contributed by atoms with Gasteiger partial charge in [-0.2, -0.15) is 0 Å². The van der Waals surface area contributed by atoms with Crippen LogP contribution in [0.1, 0.15) is 57.2 Å². The van der Waals surface area contributed by atoms with Crippen molar-refractivity contribution >= 4 is 5.95 Å². The van der Waals surface area contributed by atoms with Gasteiger partial charge in [0.2, 0.25) is 5.95 Å². The summed E-state index contributed by atoms with van der Waals surface area (Å²) < 4.78 is 2.47. The standard InChI is InChI=1S/C16H28N4/c1-3-13-12-20(14-7-4-5-8-14)16(18-13)19(2)15-9-6-10-17-11-15/h12,14-15,17H,3-11H2,1-2H3. The summed E-state index contributed by atoms with van der Waals surface area (Å²) in [6, 6.07) is 1.27. The van der Waals surface area contributed by atoms with E-state index in [-0.39, 0.29) is 0 Å². The quantitative estimate of drug-likeness (QED) is 0.918. The molecular weight excluding hydrogens is 248 g/mol. The molecule has 2 heterocycles. The summed E-state index contributed by atoms with van der Waals surface area (Å²) in [5, 5.41) is 3.52. The summed E-state index contributed by atoms with van der Waals surface area (Å²) in [5.41, 5.74) is 1.24. The van der Waals surface area contributed by atoms with Crippen molar-refractivity contribution in [2.24, 2.45) is 0 Å². The average molecular weight is 276 g/mol. The maximum Gasteiger partial charge on any atom is 0.206 e. The minimum atomic E-state index is 0.594. The molecule has 0 spiro atoms. The van der Waals surface area contributed by atoms with Crippen molar-refractivity contribution in [2.75, 3.05) is 25.0 Å². The molecule has 1 N–H and O–H groups in total. The highest BCUT2D eigenvalue weighted by atomic mass is 15.3. The van der Waals surface area contributed by atoms with E-state index in [1.807, 2.05) is 0 Å². The Bertz CT molecular complexity index is 428. The summed E-state index contributed by atoms with van der Waals surface area (Å²) in [6.07, 6.45) is 11.3. The highest BCUT2D eigenvalue weighted by Crippen LogP contribution is 2.33. The predicted octanol–water partition coefficient (Wildman–Crippen LogP) is 2.75. The molecule has 1 aromatic rings. The Morgan fingerprint density at radius 1 is 1.30 bits per heavy atom. The fourth-order valence-electron chi connectivity index (χ4n) is 3.64. The zero-order valence-corrected chi connectivity index (χ0v) is 12.9. The first-order chi connectivity index (χ1) is 9.79. The minimum Gasteiger partial charge on any atom is -0.341 e. The third-order valence-corrected chi connectivity index (χ3v) is 4.98. The fraction of sp³-hybridized carbons (Fsp3) is 0.812. The first kappa shape index (κ1) is 13.9. The maximum absolute atomic E-state index is 4.91. The van der Waals surface area contributed by atoms with Gasteiger partial charge in [0, 0.05) is 31.9 Å². The number of rotatable bonds is 4. The average Bonchev–Trinajstić information content (AvgIpc) is 3.16. The predicted molar refractivity (Wildman–Crippen MR) is 83.4 cm³/mol. The number of hydrogen-bond donors (Lipinski definition) is 1. The molecule has 0 amide bonds. The van der Waals surface area contributed by atoms with E-state index >= 15 is 0 Å². The lowest BCUT2D eigenvalue weighted by Crippen LogP contribution is -2.45. The van der Waals surface area contributed by atoms with Crippen LogP contribution in [0.5, 0.6) is 0 Å². The van der Waals surface area contributed by atoms with E-state index in [1.54, 1.807) is 0 Å². The van der Waals surface area contributed by atoms with E-state index in [0.29, 0.717) is 12.1 Å². The van der Waals surface area contributed by atoms with Gasteiger partial charge in [0.25, 0.3) is 0 Å². The van der Waals surface area contributed by atoms with Gasteiger partial charge in [-0.05, 0) is 38.6 Å². The maximum atomic E-state index is 4.91. The molecule has 4 heteroatoms. The second-order valence-corrected chi connectivity index (χ2v) is 6.34. The van der Waals surface area contributed by atoms with Crippen LogP contribution in [-0.2, 0) is 6.42 Å². The normalized spacial score (nSPS) is 24.2. The van der Waals surface area contributed by atoms with E-state index in [1.165, 1.54) is 56.7 Å². The molecule has 0 bridgehead atoms. The molecule has 1 unspecified atom stereocenters. The molecule has 1 saturated carbocycles. The van der Waals surface area contributed by atoms with Gasteiger partial charge < -0.3 is 14.8 Å². The topological polar surface area (TPSA) is 33.1 Å². The lowest BCUT2D eigenvalue weighted by atomic mass is 10.1. The van der Waals surface area contributed by atoms with Gasteiger partial charge in [-0.25, -0.2) is 4.98 Å². The van der Waals surface area contributed by atoms with Gasteiger partial charge in [-0.3, -0.25) is 0 Å². The van der Waals surface area contributed by atoms with Crippen LogP contribution in [0.4, 0.5) is 5.95 Å². The molecule has 1 saturated heterocycles. The summed E-state index contributed by atoms with van der Waals surface area (Å²) in [6.45, 7) is 4.46. The van der Waals surface area contributed by atoms with E-state index in [0.717, 1.165) is 13.0 Å². The van der Waals surface area contributed by atoms with E-state index in [2.05, 4.69) is 35.0 Å². The Balaban J connectivity index is 1.84. The Kier molecular flexibility index (Phi) is 4.29. The van der Waals surface area contributed by atoms with Gasteiger partial charge >= 0.3 is 0 Å². The van der Waals surface area contributed by atoms with Gasteiger partial charge in [0.05, 0.1) is 5.69 Å². The molecule has 2 aliphatic rings. The number of aryl methyl sites for hydroxylation is 1. The molecule has 1 aliphatic carbocycles. The molecule has 20 heavy (non-hydrogen) atoms. The molecule has 0 aromatic carbocycles. The summed E-state index contributed by atoms with van der Waals surface area (Å²) in [7, 11) is 2.23. The van der Waals surface area contributed by atoms with Crippen molar-refractivity contribution in [3.05, 3.63) is 11.9 Å². The van der Waals surface area contributed by atoms with Crippen LogP contribution in [0.15, 0.2) is 6.20 Å². The second-order valence-electron chi connectivity index (χ2n) is 6.34. The molecule has 2 fully saturated rings. The van der Waals surface area contributed by atoms with Crippen molar-refractivity contribution in [1.29, 1.82) is 0 Å². The summed E-state index contributed by atoms with van der Waals surface area (Å²) in [4.78, 5) is 7.33. The third-order valence-electron chi connectivity index (χ3n) is 4.98. The number of nitrogens with zero attached hydrogens (tertiary/aromatic N) is 3. The van der Waals surface area contributed by atoms with Crippen molar-refractivity contribution < 1.29 is 0 Å². The molecule has 112 valence electrons. The molecule has 3 rings (SSSR count). The molecule has 0 radical (unpaired) electrons. The van der Waals surface area contributed by atoms with Crippen molar-refractivity contribution in [1.82, 2.24) is 14.9 Å². The number of aromatic nitrogens is 2. The highest BCUT2D eigenvalue weighted by Gasteiger charge is 2.26. The van der Waals surface area contributed by atoms with Crippen molar-refractivity contribution in [3.8, 4) is 0 Å². The highest BCUT2D eigenvalue weighted by molar-refractivity contribution is 5.35. The SMILES string of the molecule is CCc1cn(C2CCCC2)c(N(C)C2CCCNC2)n1. The Morgan fingerprint density at radius 2 is 2.10 bits per heavy atom. The number of nitrogens with one attached hydrogen (secondary N) is 1. The monoisotopic (exact) mass is 276 g/mol. The largest absolute Gasteiger partial charge is 0.341 e. The van der Waals surface area contributed by atoms with E-state index in [4.69, 9.17) is 4.98 Å². The fourth-order valence-corrected chi connectivity index (χ4v) is 3.64. The molecule has 4 nitrogen and oxygen atoms in total. The van der Waals surface area contributed by atoms with Crippen LogP contribution in [0, 0.1) is 0 Å². The van der Waals surface area contributed by atoms with E-state index in [9.17, 15) is 0 Å². The van der Waals surface area contributed by atoms with Gasteiger partial charge in [0.15, 0.2) is 0 Å². The Hall–Kier alpha value is -1.03. The first-order valence-electron chi connectivity index (χ1n) is 8.31. The molecule has 1 aromatic heterocycles. The lowest BCUT2D eigenvalue weighted by molar-refractivity contribution is 0.430. The first-order valence-corrected chi connectivity index (χ1v) is 8.31.